The number of amides is 1. The zero-order valence-corrected chi connectivity index (χ0v) is 13.9. The highest BCUT2D eigenvalue weighted by molar-refractivity contribution is 5.93. The van der Waals surface area contributed by atoms with E-state index in [0.29, 0.717) is 17.6 Å². The standard InChI is InChI=1S/C18H21N5O/c1-12-4-3-5-14(6-12)22-10-16-7-15(22)11-23(16)18-20-8-13(9-21-18)17(24)19-2/h3-6,8-9,15-16H,7,10-11H2,1-2H3,(H,19,24)/t15-,16-/m0/s1. The van der Waals surface area contributed by atoms with Gasteiger partial charge in [-0.05, 0) is 31.0 Å². The van der Waals surface area contributed by atoms with E-state index in [-0.39, 0.29) is 5.91 Å². The molecule has 4 rings (SSSR count). The molecular formula is C18H21N5O. The van der Waals surface area contributed by atoms with Gasteiger partial charge in [-0.15, -0.1) is 0 Å². The molecule has 2 aliphatic heterocycles. The summed E-state index contributed by atoms with van der Waals surface area (Å²) in [5.41, 5.74) is 3.09. The van der Waals surface area contributed by atoms with Gasteiger partial charge in [0.15, 0.2) is 0 Å². The van der Waals surface area contributed by atoms with E-state index in [1.54, 1.807) is 19.4 Å². The Kier molecular flexibility index (Phi) is 3.59. The quantitative estimate of drug-likeness (QED) is 0.930. The Balaban J connectivity index is 1.49. The van der Waals surface area contributed by atoms with E-state index < -0.39 is 0 Å². The van der Waals surface area contributed by atoms with Gasteiger partial charge in [-0.2, -0.15) is 0 Å². The predicted molar refractivity (Wildman–Crippen MR) is 93.5 cm³/mol. The van der Waals surface area contributed by atoms with Crippen molar-refractivity contribution in [3.63, 3.8) is 0 Å². The smallest absolute Gasteiger partial charge is 0.254 e. The highest BCUT2D eigenvalue weighted by atomic mass is 16.1. The highest BCUT2D eigenvalue weighted by Crippen LogP contribution is 2.36. The number of carbonyl (C=O) groups is 1. The maximum atomic E-state index is 11.6. The van der Waals surface area contributed by atoms with E-state index in [4.69, 9.17) is 0 Å². The Morgan fingerprint density at radius 2 is 1.88 bits per heavy atom. The average Bonchev–Trinajstić information content (AvgIpc) is 3.22. The summed E-state index contributed by atoms with van der Waals surface area (Å²) < 4.78 is 0. The lowest BCUT2D eigenvalue weighted by Crippen LogP contribution is -2.47. The zero-order chi connectivity index (χ0) is 16.7. The number of piperazine rings is 1. The Bertz CT molecular complexity index is 760. The number of nitrogens with zero attached hydrogens (tertiary/aromatic N) is 4. The van der Waals surface area contributed by atoms with Crippen molar-refractivity contribution < 1.29 is 4.79 Å². The van der Waals surface area contributed by atoms with Gasteiger partial charge in [-0.3, -0.25) is 4.79 Å². The van der Waals surface area contributed by atoms with Crippen LogP contribution in [-0.4, -0.2) is 48.1 Å². The maximum Gasteiger partial charge on any atom is 0.254 e. The fourth-order valence-electron chi connectivity index (χ4n) is 3.77. The van der Waals surface area contributed by atoms with Gasteiger partial charge in [-0.25, -0.2) is 9.97 Å². The Morgan fingerprint density at radius 3 is 2.50 bits per heavy atom. The molecule has 0 unspecified atom stereocenters. The van der Waals surface area contributed by atoms with Crippen LogP contribution in [0.1, 0.15) is 22.3 Å². The number of aryl methyl sites for hydroxylation is 1. The van der Waals surface area contributed by atoms with Gasteiger partial charge < -0.3 is 15.1 Å². The third kappa shape index (κ3) is 2.48. The normalized spacial score (nSPS) is 22.1. The molecule has 1 amide bonds. The first-order chi connectivity index (χ1) is 11.7. The molecule has 1 aromatic heterocycles. The van der Waals surface area contributed by atoms with Crippen LogP contribution in [-0.2, 0) is 0 Å². The zero-order valence-electron chi connectivity index (χ0n) is 13.9. The van der Waals surface area contributed by atoms with Gasteiger partial charge in [0.05, 0.1) is 11.6 Å². The largest absolute Gasteiger partial charge is 0.365 e. The first kappa shape index (κ1) is 14.9. The summed E-state index contributed by atoms with van der Waals surface area (Å²) in [6.07, 6.45) is 4.34. The number of benzene rings is 1. The average molecular weight is 323 g/mol. The molecule has 3 heterocycles. The molecule has 2 aromatic rings. The van der Waals surface area contributed by atoms with Crippen molar-refractivity contribution in [1.82, 2.24) is 15.3 Å². The Labute approximate surface area is 141 Å². The Morgan fingerprint density at radius 1 is 1.17 bits per heavy atom. The number of aromatic nitrogens is 2. The van der Waals surface area contributed by atoms with Gasteiger partial charge >= 0.3 is 0 Å². The number of carbonyl (C=O) groups excluding carboxylic acids is 1. The molecule has 1 aromatic carbocycles. The minimum Gasteiger partial charge on any atom is -0.365 e. The number of hydrogen-bond acceptors (Lipinski definition) is 5. The van der Waals surface area contributed by atoms with Crippen LogP contribution >= 0.6 is 0 Å². The highest BCUT2D eigenvalue weighted by Gasteiger charge is 2.44. The molecule has 1 N–H and O–H groups in total. The fraction of sp³-hybridized carbons (Fsp3) is 0.389. The van der Waals surface area contributed by atoms with Crippen LogP contribution in [0.2, 0.25) is 0 Å². The van der Waals surface area contributed by atoms with E-state index >= 15 is 0 Å². The SMILES string of the molecule is CNC(=O)c1cnc(N2C[C@@H]3C[C@H]2CN3c2cccc(C)c2)nc1. The second kappa shape index (κ2) is 5.78. The molecule has 6 nitrogen and oxygen atoms in total. The maximum absolute atomic E-state index is 11.6. The van der Waals surface area contributed by atoms with E-state index in [9.17, 15) is 4.79 Å². The van der Waals surface area contributed by atoms with Crippen molar-refractivity contribution in [1.29, 1.82) is 0 Å². The number of hydrogen-bond donors (Lipinski definition) is 1. The number of anilines is 2. The van der Waals surface area contributed by atoms with Gasteiger partial charge in [-0.1, -0.05) is 12.1 Å². The van der Waals surface area contributed by atoms with Crippen molar-refractivity contribution in [2.24, 2.45) is 0 Å². The molecule has 2 fully saturated rings. The first-order valence-electron chi connectivity index (χ1n) is 8.30. The van der Waals surface area contributed by atoms with E-state index in [1.165, 1.54) is 11.3 Å². The summed E-state index contributed by atoms with van der Waals surface area (Å²) >= 11 is 0. The molecule has 0 saturated carbocycles. The molecule has 24 heavy (non-hydrogen) atoms. The first-order valence-corrected chi connectivity index (χ1v) is 8.30. The van der Waals surface area contributed by atoms with Crippen molar-refractivity contribution in [3.05, 3.63) is 47.8 Å². The fourth-order valence-corrected chi connectivity index (χ4v) is 3.77. The molecule has 124 valence electrons. The second-order valence-electron chi connectivity index (χ2n) is 6.54. The van der Waals surface area contributed by atoms with Crippen LogP contribution < -0.4 is 15.1 Å². The van der Waals surface area contributed by atoms with Gasteiger partial charge in [0, 0.05) is 44.3 Å². The number of rotatable bonds is 3. The van der Waals surface area contributed by atoms with Gasteiger partial charge in [0.25, 0.3) is 5.91 Å². The summed E-state index contributed by atoms with van der Waals surface area (Å²) in [6.45, 7) is 4.05. The molecule has 2 saturated heterocycles. The number of nitrogens with one attached hydrogen (secondary N) is 1. The lowest BCUT2D eigenvalue weighted by molar-refractivity contribution is 0.0962. The molecule has 2 atom stereocenters. The predicted octanol–water partition coefficient (Wildman–Crippen LogP) is 1.61. The minimum absolute atomic E-state index is 0.157. The minimum atomic E-state index is -0.157. The monoisotopic (exact) mass is 323 g/mol. The van der Waals surface area contributed by atoms with Crippen LogP contribution in [0, 0.1) is 6.92 Å². The van der Waals surface area contributed by atoms with Gasteiger partial charge in [0.2, 0.25) is 5.95 Å². The molecule has 2 aliphatic rings. The topological polar surface area (TPSA) is 61.4 Å². The lowest BCUT2D eigenvalue weighted by atomic mass is 10.2. The summed E-state index contributed by atoms with van der Waals surface area (Å²) in [4.78, 5) is 25.1. The van der Waals surface area contributed by atoms with Crippen LogP contribution in [0.15, 0.2) is 36.7 Å². The molecule has 0 radical (unpaired) electrons. The summed E-state index contributed by atoms with van der Waals surface area (Å²) in [7, 11) is 1.61. The summed E-state index contributed by atoms with van der Waals surface area (Å²) in [5, 5.41) is 2.59. The molecule has 0 spiro atoms. The molecule has 0 aliphatic carbocycles. The van der Waals surface area contributed by atoms with Crippen molar-refractivity contribution in [3.8, 4) is 0 Å². The molecular weight excluding hydrogens is 302 g/mol. The van der Waals surface area contributed by atoms with Gasteiger partial charge in [0.1, 0.15) is 0 Å². The summed E-state index contributed by atoms with van der Waals surface area (Å²) in [6, 6.07) is 9.62. The van der Waals surface area contributed by atoms with Crippen LogP contribution in [0.25, 0.3) is 0 Å². The lowest BCUT2D eigenvalue weighted by Gasteiger charge is -2.35. The summed E-state index contributed by atoms with van der Waals surface area (Å²) in [5.74, 6) is 0.564. The van der Waals surface area contributed by atoms with Crippen LogP contribution in [0.5, 0.6) is 0 Å². The third-order valence-corrected chi connectivity index (χ3v) is 4.96. The van der Waals surface area contributed by atoms with Crippen molar-refractivity contribution in [2.45, 2.75) is 25.4 Å². The molecule has 2 bridgehead atoms. The van der Waals surface area contributed by atoms with Crippen molar-refractivity contribution in [2.75, 3.05) is 29.9 Å². The second-order valence-corrected chi connectivity index (χ2v) is 6.54. The van der Waals surface area contributed by atoms with Crippen LogP contribution in [0.3, 0.4) is 0 Å². The van der Waals surface area contributed by atoms with Crippen LogP contribution in [0.4, 0.5) is 11.6 Å². The van der Waals surface area contributed by atoms with E-state index in [1.807, 2.05) is 0 Å². The number of fused-ring (bicyclic) bond motifs is 2. The van der Waals surface area contributed by atoms with E-state index in [0.717, 1.165) is 25.5 Å². The molecule has 6 heteroatoms. The van der Waals surface area contributed by atoms with Crippen molar-refractivity contribution >= 4 is 17.5 Å². The van der Waals surface area contributed by atoms with E-state index in [2.05, 4.69) is 56.3 Å². The Hall–Kier alpha value is -2.63. The third-order valence-electron chi connectivity index (χ3n) is 4.96.